The number of benzene rings is 2. The Morgan fingerprint density at radius 1 is 1.12 bits per heavy atom. The van der Waals surface area contributed by atoms with E-state index in [1.807, 2.05) is 37.2 Å². The largest absolute Gasteiger partial charge is 0.378 e. The highest BCUT2D eigenvalue weighted by molar-refractivity contribution is 8.14. The minimum Gasteiger partial charge on any atom is -0.378 e. The highest BCUT2D eigenvalue weighted by Gasteiger charge is 2.13. The maximum atomic E-state index is 11.4. The molecule has 0 unspecified atom stereocenters. The highest BCUT2D eigenvalue weighted by atomic mass is 35.7. The normalized spacial score (nSPS) is 11.7. The Morgan fingerprint density at radius 2 is 1.82 bits per heavy atom. The number of rotatable bonds is 2. The molecule has 0 aliphatic rings. The van der Waals surface area contributed by atoms with Gasteiger partial charge in [-0.3, -0.25) is 0 Å². The van der Waals surface area contributed by atoms with Crippen molar-refractivity contribution in [3.63, 3.8) is 0 Å². The van der Waals surface area contributed by atoms with Crippen LogP contribution in [0.3, 0.4) is 0 Å². The number of halogens is 1. The monoisotopic (exact) mass is 269 g/mol. The van der Waals surface area contributed by atoms with Gasteiger partial charge in [-0.2, -0.15) is 0 Å². The van der Waals surface area contributed by atoms with Gasteiger partial charge in [-0.1, -0.05) is 18.2 Å². The van der Waals surface area contributed by atoms with E-state index >= 15 is 0 Å². The molecule has 0 saturated heterocycles. The molecule has 0 radical (unpaired) electrons. The molecule has 17 heavy (non-hydrogen) atoms. The van der Waals surface area contributed by atoms with E-state index in [0.29, 0.717) is 5.39 Å². The zero-order chi connectivity index (χ0) is 12.6. The van der Waals surface area contributed by atoms with Crippen molar-refractivity contribution in [2.24, 2.45) is 0 Å². The molecule has 0 spiro atoms. The maximum absolute atomic E-state index is 11.4. The summed E-state index contributed by atoms with van der Waals surface area (Å²) in [4.78, 5) is 2.11. The average Bonchev–Trinajstić information content (AvgIpc) is 2.26. The molecular formula is C12H12ClNO2S. The fourth-order valence-electron chi connectivity index (χ4n) is 1.73. The van der Waals surface area contributed by atoms with Gasteiger partial charge in [0.15, 0.2) is 0 Å². The topological polar surface area (TPSA) is 37.4 Å². The first kappa shape index (κ1) is 12.2. The molecule has 90 valence electrons. The summed E-state index contributed by atoms with van der Waals surface area (Å²) in [5, 5.41) is 1.51. The van der Waals surface area contributed by atoms with Crippen LogP contribution in [0.1, 0.15) is 0 Å². The molecule has 2 rings (SSSR count). The molecule has 0 bridgehead atoms. The van der Waals surface area contributed by atoms with Crippen LogP contribution in [0, 0.1) is 0 Å². The minimum absolute atomic E-state index is 0.155. The molecule has 0 aromatic heterocycles. The van der Waals surface area contributed by atoms with E-state index in [4.69, 9.17) is 10.7 Å². The highest BCUT2D eigenvalue weighted by Crippen LogP contribution is 2.28. The Hall–Kier alpha value is -1.26. The third kappa shape index (κ3) is 2.37. The van der Waals surface area contributed by atoms with Gasteiger partial charge in [0.2, 0.25) is 0 Å². The summed E-state index contributed by atoms with van der Waals surface area (Å²) in [6.07, 6.45) is 0. The zero-order valence-electron chi connectivity index (χ0n) is 9.51. The van der Waals surface area contributed by atoms with Gasteiger partial charge in [-0.25, -0.2) is 8.42 Å². The standard InChI is InChI=1S/C12H12ClNO2S/c1-14(2)10-6-7-11-9(8-10)4-3-5-12(11)17(13,15)16/h3-8H,1-2H3. The van der Waals surface area contributed by atoms with Crippen molar-refractivity contribution in [1.82, 2.24) is 0 Å². The lowest BCUT2D eigenvalue weighted by atomic mass is 10.1. The Bertz CT molecular complexity index is 665. The molecule has 0 atom stereocenters. The second kappa shape index (κ2) is 4.20. The summed E-state index contributed by atoms with van der Waals surface area (Å²) in [6.45, 7) is 0. The molecule has 0 aliphatic heterocycles. The first-order valence-corrected chi connectivity index (χ1v) is 7.35. The molecule has 2 aromatic carbocycles. The molecule has 0 amide bonds. The van der Waals surface area contributed by atoms with Gasteiger partial charge in [0.25, 0.3) is 9.05 Å². The minimum atomic E-state index is -3.70. The lowest BCUT2D eigenvalue weighted by Crippen LogP contribution is -2.08. The van der Waals surface area contributed by atoms with E-state index in [9.17, 15) is 8.42 Å². The van der Waals surface area contributed by atoms with Crippen LogP contribution in [0.25, 0.3) is 10.8 Å². The van der Waals surface area contributed by atoms with Gasteiger partial charge in [-0.05, 0) is 23.6 Å². The SMILES string of the molecule is CN(C)c1ccc2c(S(=O)(=O)Cl)cccc2c1. The van der Waals surface area contributed by atoms with Gasteiger partial charge >= 0.3 is 0 Å². The van der Waals surface area contributed by atoms with E-state index in [0.717, 1.165) is 11.1 Å². The molecular weight excluding hydrogens is 258 g/mol. The van der Waals surface area contributed by atoms with Crippen molar-refractivity contribution >= 4 is 36.2 Å². The van der Waals surface area contributed by atoms with E-state index in [1.165, 1.54) is 6.07 Å². The molecule has 0 N–H and O–H groups in total. The maximum Gasteiger partial charge on any atom is 0.261 e. The number of hydrogen-bond donors (Lipinski definition) is 0. The van der Waals surface area contributed by atoms with E-state index in [-0.39, 0.29) is 4.90 Å². The smallest absolute Gasteiger partial charge is 0.261 e. The van der Waals surface area contributed by atoms with Crippen molar-refractivity contribution in [3.8, 4) is 0 Å². The van der Waals surface area contributed by atoms with Gasteiger partial charge in [0, 0.05) is 35.9 Å². The van der Waals surface area contributed by atoms with Crippen LogP contribution in [0.5, 0.6) is 0 Å². The van der Waals surface area contributed by atoms with Crippen LogP contribution in [0.4, 0.5) is 5.69 Å². The predicted octanol–water partition coefficient (Wildman–Crippen LogP) is 2.83. The van der Waals surface area contributed by atoms with Crippen LogP contribution in [-0.2, 0) is 9.05 Å². The van der Waals surface area contributed by atoms with Gasteiger partial charge in [0.05, 0.1) is 4.90 Å². The molecule has 5 heteroatoms. The lowest BCUT2D eigenvalue weighted by Gasteiger charge is -2.13. The summed E-state index contributed by atoms with van der Waals surface area (Å²) in [7, 11) is 5.57. The van der Waals surface area contributed by atoms with Crippen LogP contribution < -0.4 is 4.90 Å². The Morgan fingerprint density at radius 3 is 2.41 bits per heavy atom. The van der Waals surface area contributed by atoms with Crippen LogP contribution in [-0.4, -0.2) is 22.5 Å². The zero-order valence-corrected chi connectivity index (χ0v) is 11.1. The van der Waals surface area contributed by atoms with Crippen LogP contribution in [0.15, 0.2) is 41.3 Å². The quantitative estimate of drug-likeness (QED) is 0.787. The Labute approximate surface area is 105 Å². The number of fused-ring (bicyclic) bond motifs is 1. The number of anilines is 1. The fourth-order valence-corrected chi connectivity index (χ4v) is 2.83. The molecule has 0 heterocycles. The summed E-state index contributed by atoms with van der Waals surface area (Å²) < 4.78 is 22.8. The van der Waals surface area contributed by atoms with Gasteiger partial charge in [-0.15, -0.1) is 0 Å². The second-order valence-electron chi connectivity index (χ2n) is 3.99. The third-order valence-electron chi connectivity index (χ3n) is 2.60. The van der Waals surface area contributed by atoms with Gasteiger partial charge in [0.1, 0.15) is 0 Å². The van der Waals surface area contributed by atoms with E-state index < -0.39 is 9.05 Å². The van der Waals surface area contributed by atoms with Crippen molar-refractivity contribution in [2.45, 2.75) is 4.90 Å². The summed E-state index contributed by atoms with van der Waals surface area (Å²) in [5.41, 5.74) is 1.02. The second-order valence-corrected chi connectivity index (χ2v) is 6.53. The Kier molecular flexibility index (Phi) is 3.02. The number of nitrogens with zero attached hydrogens (tertiary/aromatic N) is 1. The Balaban J connectivity index is 2.76. The summed E-state index contributed by atoms with van der Waals surface area (Å²) in [5.74, 6) is 0. The van der Waals surface area contributed by atoms with E-state index in [1.54, 1.807) is 12.1 Å². The van der Waals surface area contributed by atoms with Crippen molar-refractivity contribution in [3.05, 3.63) is 36.4 Å². The lowest BCUT2D eigenvalue weighted by molar-refractivity contribution is 0.610. The van der Waals surface area contributed by atoms with Gasteiger partial charge < -0.3 is 4.90 Å². The fraction of sp³-hybridized carbons (Fsp3) is 0.167. The van der Waals surface area contributed by atoms with E-state index in [2.05, 4.69) is 0 Å². The molecule has 0 fully saturated rings. The van der Waals surface area contributed by atoms with Crippen molar-refractivity contribution < 1.29 is 8.42 Å². The third-order valence-corrected chi connectivity index (χ3v) is 3.98. The van der Waals surface area contributed by atoms with Crippen molar-refractivity contribution in [2.75, 3.05) is 19.0 Å². The molecule has 0 aliphatic carbocycles. The predicted molar refractivity (Wildman–Crippen MR) is 71.3 cm³/mol. The first-order chi connectivity index (χ1) is 7.89. The molecule has 2 aromatic rings. The summed E-state index contributed by atoms with van der Waals surface area (Å²) >= 11 is 0. The molecule has 3 nitrogen and oxygen atoms in total. The molecule has 0 saturated carbocycles. The number of hydrogen-bond acceptors (Lipinski definition) is 3. The first-order valence-electron chi connectivity index (χ1n) is 5.04. The van der Waals surface area contributed by atoms with Crippen LogP contribution >= 0.6 is 10.7 Å². The average molecular weight is 270 g/mol. The van der Waals surface area contributed by atoms with Crippen LogP contribution in [0.2, 0.25) is 0 Å². The summed E-state index contributed by atoms with van der Waals surface area (Å²) in [6, 6.07) is 10.7. The van der Waals surface area contributed by atoms with Crippen molar-refractivity contribution in [1.29, 1.82) is 0 Å².